The van der Waals surface area contributed by atoms with Crippen molar-refractivity contribution in [3.63, 3.8) is 0 Å². The molecule has 1 aliphatic carbocycles. The molecule has 0 atom stereocenters. The number of alkyl halides is 6. The van der Waals surface area contributed by atoms with Crippen LogP contribution in [0.15, 0.2) is 48.8 Å². The Morgan fingerprint density at radius 3 is 2.51 bits per heavy atom. The maximum absolute atomic E-state index is 13.5. The largest absolute Gasteiger partial charge is 0.433 e. The SMILES string of the molecule is O=C(Nc1cnn(Cc2cccc(C(F)(F)F)c2)c1)c1cc2nc(C3CC3)cc(C(F)(F)F)n2n1. The van der Waals surface area contributed by atoms with Crippen molar-refractivity contribution in [2.75, 3.05) is 5.32 Å². The average Bonchev–Trinajstić information content (AvgIpc) is 3.39. The first-order valence-corrected chi connectivity index (χ1v) is 10.5. The molecular weight excluding hydrogens is 478 g/mol. The summed E-state index contributed by atoms with van der Waals surface area (Å²) >= 11 is 0. The van der Waals surface area contributed by atoms with Crippen LogP contribution < -0.4 is 5.32 Å². The number of carbonyl (C=O) groups excluding carboxylic acids is 1. The van der Waals surface area contributed by atoms with Crippen molar-refractivity contribution in [3.8, 4) is 0 Å². The van der Waals surface area contributed by atoms with Gasteiger partial charge in [-0.3, -0.25) is 9.48 Å². The molecule has 1 aromatic carbocycles. The zero-order chi connectivity index (χ0) is 25.0. The van der Waals surface area contributed by atoms with Gasteiger partial charge >= 0.3 is 12.4 Å². The third kappa shape index (κ3) is 4.84. The van der Waals surface area contributed by atoms with Crippen LogP contribution in [0.2, 0.25) is 0 Å². The molecule has 35 heavy (non-hydrogen) atoms. The fourth-order valence-corrected chi connectivity index (χ4v) is 3.64. The molecule has 5 rings (SSSR count). The van der Waals surface area contributed by atoms with Crippen molar-refractivity contribution < 1.29 is 31.1 Å². The maximum Gasteiger partial charge on any atom is 0.433 e. The lowest BCUT2D eigenvalue weighted by molar-refractivity contribution is -0.142. The molecule has 0 spiro atoms. The third-order valence-electron chi connectivity index (χ3n) is 5.46. The lowest BCUT2D eigenvalue weighted by Gasteiger charge is -2.10. The summed E-state index contributed by atoms with van der Waals surface area (Å²) < 4.78 is 81.3. The second kappa shape index (κ2) is 8.10. The van der Waals surface area contributed by atoms with Crippen LogP contribution in [-0.2, 0) is 18.9 Å². The number of fused-ring (bicyclic) bond motifs is 1. The minimum absolute atomic E-state index is 0.0109. The Kier molecular flexibility index (Phi) is 5.29. The van der Waals surface area contributed by atoms with Gasteiger partial charge in [-0.15, -0.1) is 0 Å². The molecule has 3 heterocycles. The van der Waals surface area contributed by atoms with E-state index in [0.29, 0.717) is 15.8 Å². The van der Waals surface area contributed by atoms with Gasteiger partial charge in [-0.2, -0.15) is 36.5 Å². The minimum atomic E-state index is -4.69. The fourth-order valence-electron chi connectivity index (χ4n) is 3.64. The van der Waals surface area contributed by atoms with E-state index < -0.39 is 29.5 Å². The first-order chi connectivity index (χ1) is 16.5. The fraction of sp³-hybridized carbons (Fsp3) is 0.273. The Labute approximate surface area is 193 Å². The Hall–Kier alpha value is -3.90. The number of anilines is 1. The quantitative estimate of drug-likeness (QED) is 0.390. The second-order valence-corrected chi connectivity index (χ2v) is 8.22. The van der Waals surface area contributed by atoms with Gasteiger partial charge in [0.15, 0.2) is 11.3 Å². The van der Waals surface area contributed by atoms with Crippen molar-refractivity contribution in [1.82, 2.24) is 24.4 Å². The van der Waals surface area contributed by atoms with Crippen molar-refractivity contribution >= 4 is 17.2 Å². The average molecular weight is 494 g/mol. The van der Waals surface area contributed by atoms with Crippen molar-refractivity contribution in [2.24, 2.45) is 0 Å². The molecule has 1 N–H and O–H groups in total. The van der Waals surface area contributed by atoms with E-state index in [1.54, 1.807) is 0 Å². The minimum Gasteiger partial charge on any atom is -0.318 e. The van der Waals surface area contributed by atoms with Crippen LogP contribution in [0.25, 0.3) is 5.65 Å². The lowest BCUT2D eigenvalue weighted by Crippen LogP contribution is -2.16. The van der Waals surface area contributed by atoms with E-state index in [9.17, 15) is 31.1 Å². The highest BCUT2D eigenvalue weighted by Gasteiger charge is 2.37. The second-order valence-electron chi connectivity index (χ2n) is 8.22. The van der Waals surface area contributed by atoms with Crippen molar-refractivity contribution in [2.45, 2.75) is 37.7 Å². The molecule has 1 amide bonds. The highest BCUT2D eigenvalue weighted by Crippen LogP contribution is 2.41. The van der Waals surface area contributed by atoms with E-state index in [2.05, 4.69) is 20.5 Å². The maximum atomic E-state index is 13.5. The van der Waals surface area contributed by atoms with Crippen LogP contribution in [0.3, 0.4) is 0 Å². The third-order valence-corrected chi connectivity index (χ3v) is 5.46. The van der Waals surface area contributed by atoms with E-state index >= 15 is 0 Å². The number of rotatable bonds is 5. The predicted molar refractivity (Wildman–Crippen MR) is 111 cm³/mol. The summed E-state index contributed by atoms with van der Waals surface area (Å²) in [6, 6.07) is 6.87. The topological polar surface area (TPSA) is 77.1 Å². The number of halogens is 6. The Morgan fingerprint density at radius 2 is 1.83 bits per heavy atom. The normalized spacial score (nSPS) is 14.5. The van der Waals surface area contributed by atoms with Gasteiger partial charge in [0.2, 0.25) is 0 Å². The number of nitrogens with zero attached hydrogens (tertiary/aromatic N) is 5. The highest BCUT2D eigenvalue weighted by molar-refractivity contribution is 6.03. The van der Waals surface area contributed by atoms with Gasteiger partial charge in [0, 0.05) is 23.9 Å². The highest BCUT2D eigenvalue weighted by atomic mass is 19.4. The smallest absolute Gasteiger partial charge is 0.318 e. The van der Waals surface area contributed by atoms with E-state index in [0.717, 1.165) is 31.0 Å². The summed E-state index contributed by atoms with van der Waals surface area (Å²) in [5.74, 6) is -0.814. The van der Waals surface area contributed by atoms with Gasteiger partial charge in [0.1, 0.15) is 5.69 Å². The van der Waals surface area contributed by atoms with Crippen LogP contribution in [0, 0.1) is 0 Å². The summed E-state index contributed by atoms with van der Waals surface area (Å²) in [5, 5.41) is 10.3. The Bertz CT molecular complexity index is 1420. The molecule has 1 saturated carbocycles. The van der Waals surface area contributed by atoms with Gasteiger partial charge in [-0.25, -0.2) is 9.50 Å². The number of aromatic nitrogens is 5. The van der Waals surface area contributed by atoms with Crippen LogP contribution in [-0.4, -0.2) is 30.3 Å². The van der Waals surface area contributed by atoms with Crippen LogP contribution in [0.4, 0.5) is 32.0 Å². The molecule has 0 radical (unpaired) electrons. The molecule has 1 fully saturated rings. The molecule has 4 aromatic rings. The van der Waals surface area contributed by atoms with Crippen LogP contribution >= 0.6 is 0 Å². The van der Waals surface area contributed by atoms with Crippen LogP contribution in [0.5, 0.6) is 0 Å². The number of hydrogen-bond acceptors (Lipinski definition) is 4. The first kappa shape index (κ1) is 22.9. The molecule has 182 valence electrons. The number of hydrogen-bond donors (Lipinski definition) is 1. The lowest BCUT2D eigenvalue weighted by atomic mass is 10.1. The first-order valence-electron chi connectivity index (χ1n) is 10.5. The number of benzene rings is 1. The van der Waals surface area contributed by atoms with Crippen LogP contribution in [0.1, 0.15) is 51.8 Å². The predicted octanol–water partition coefficient (Wildman–Crippen LogP) is 5.14. The molecular formula is C22H16F6N6O. The Balaban J connectivity index is 1.35. The van der Waals surface area contributed by atoms with Gasteiger partial charge in [0.05, 0.1) is 24.0 Å². The van der Waals surface area contributed by atoms with Gasteiger partial charge in [-0.1, -0.05) is 12.1 Å². The van der Waals surface area contributed by atoms with Crippen molar-refractivity contribution in [1.29, 1.82) is 0 Å². The Morgan fingerprint density at radius 1 is 1.06 bits per heavy atom. The molecule has 0 aliphatic heterocycles. The number of amides is 1. The van der Waals surface area contributed by atoms with E-state index in [1.165, 1.54) is 35.3 Å². The zero-order valence-corrected chi connectivity index (χ0v) is 17.7. The van der Waals surface area contributed by atoms with Gasteiger partial charge in [0.25, 0.3) is 5.91 Å². The molecule has 7 nitrogen and oxygen atoms in total. The van der Waals surface area contributed by atoms with E-state index in [1.807, 2.05) is 0 Å². The zero-order valence-electron chi connectivity index (χ0n) is 17.7. The standard InChI is InChI=1S/C22H16F6N6O/c23-21(24,25)14-3-1-2-12(6-14)10-33-11-15(9-29-33)30-20(35)17-8-19-31-16(13-4-5-13)7-18(22(26,27)28)34(19)32-17/h1-3,6-9,11,13H,4-5,10H2,(H,30,35). The molecule has 0 unspecified atom stereocenters. The molecule has 1 aliphatic rings. The number of nitrogens with one attached hydrogen (secondary N) is 1. The molecule has 3 aromatic heterocycles. The van der Waals surface area contributed by atoms with Gasteiger partial charge in [-0.05, 0) is 36.6 Å². The number of carbonyl (C=O) groups is 1. The summed E-state index contributed by atoms with van der Waals surface area (Å²) in [5.41, 5.74) is -1.32. The van der Waals surface area contributed by atoms with E-state index in [-0.39, 0.29) is 29.5 Å². The monoisotopic (exact) mass is 494 g/mol. The summed E-state index contributed by atoms with van der Waals surface area (Å²) in [7, 11) is 0. The summed E-state index contributed by atoms with van der Waals surface area (Å²) in [6.45, 7) is 0.0109. The molecule has 0 bridgehead atoms. The summed E-state index contributed by atoms with van der Waals surface area (Å²) in [6.07, 6.45) is -4.99. The summed E-state index contributed by atoms with van der Waals surface area (Å²) in [4.78, 5) is 16.9. The molecule has 13 heteroatoms. The molecule has 0 saturated heterocycles. The van der Waals surface area contributed by atoms with Crippen molar-refractivity contribution in [3.05, 3.63) is 77.0 Å². The van der Waals surface area contributed by atoms with E-state index in [4.69, 9.17) is 0 Å². The van der Waals surface area contributed by atoms with Gasteiger partial charge < -0.3 is 5.32 Å².